The first kappa shape index (κ1) is 26.1. The summed E-state index contributed by atoms with van der Waals surface area (Å²) in [6, 6.07) is 5.41. The summed E-state index contributed by atoms with van der Waals surface area (Å²) in [6.45, 7) is 2.27. The minimum atomic E-state index is 0.0381. The summed E-state index contributed by atoms with van der Waals surface area (Å²) in [7, 11) is 3.20. The molecule has 0 aliphatic carbocycles. The zero-order valence-corrected chi connectivity index (χ0v) is 19.5. The quantitative estimate of drug-likeness (QED) is 0.197. The van der Waals surface area contributed by atoms with E-state index in [1.54, 1.807) is 20.3 Å². The molecule has 0 saturated heterocycles. The van der Waals surface area contributed by atoms with Gasteiger partial charge >= 0.3 is 0 Å². The average molecular weight is 418 g/mol. The molecule has 0 saturated carbocycles. The third-order valence-electron chi connectivity index (χ3n) is 5.35. The number of amides is 1. The molecule has 0 aromatic heterocycles. The maximum Gasteiger partial charge on any atom is 0.224 e. The lowest BCUT2D eigenvalue weighted by Gasteiger charge is -2.11. The van der Waals surface area contributed by atoms with Crippen molar-refractivity contribution in [2.24, 2.45) is 0 Å². The van der Waals surface area contributed by atoms with Gasteiger partial charge in [-0.05, 0) is 44.2 Å². The highest BCUT2D eigenvalue weighted by molar-refractivity contribution is 5.92. The highest BCUT2D eigenvalue weighted by Crippen LogP contribution is 2.29. The van der Waals surface area contributed by atoms with Crippen LogP contribution < -0.4 is 14.8 Å². The molecule has 0 aliphatic heterocycles. The van der Waals surface area contributed by atoms with E-state index in [4.69, 9.17) is 9.47 Å². The maximum atomic E-state index is 12.2. The smallest absolute Gasteiger partial charge is 0.224 e. The number of hydrogen-bond donors (Lipinski definition) is 1. The summed E-state index contributed by atoms with van der Waals surface area (Å²) >= 11 is 0. The summed E-state index contributed by atoms with van der Waals surface area (Å²) < 4.78 is 10.5. The lowest BCUT2D eigenvalue weighted by Crippen LogP contribution is -2.12. The highest BCUT2D eigenvalue weighted by Gasteiger charge is 2.08. The molecule has 0 fully saturated rings. The Bertz CT molecular complexity index is 598. The van der Waals surface area contributed by atoms with E-state index in [0.717, 1.165) is 12.8 Å². The van der Waals surface area contributed by atoms with Gasteiger partial charge in [0.15, 0.2) is 0 Å². The molecule has 1 aromatic rings. The molecule has 30 heavy (non-hydrogen) atoms. The Morgan fingerprint density at radius 1 is 0.833 bits per heavy atom. The lowest BCUT2D eigenvalue weighted by molar-refractivity contribution is -0.116. The number of ether oxygens (including phenoxy) is 2. The van der Waals surface area contributed by atoms with Crippen molar-refractivity contribution in [1.82, 2.24) is 0 Å². The minimum Gasteiger partial charge on any atom is -0.497 e. The molecular weight excluding hydrogens is 374 g/mol. The Hall–Kier alpha value is -1.97. The monoisotopic (exact) mass is 417 g/mol. The number of benzene rings is 1. The highest BCUT2D eigenvalue weighted by atomic mass is 16.5. The molecule has 0 spiro atoms. The van der Waals surface area contributed by atoms with E-state index in [1.165, 1.54) is 70.6 Å². The van der Waals surface area contributed by atoms with Crippen LogP contribution in [-0.4, -0.2) is 20.1 Å². The molecule has 0 aliphatic rings. The summed E-state index contributed by atoms with van der Waals surface area (Å²) in [4.78, 5) is 12.2. The minimum absolute atomic E-state index is 0.0381. The van der Waals surface area contributed by atoms with Crippen LogP contribution in [0.5, 0.6) is 11.5 Å². The Labute approximate surface area is 184 Å². The molecule has 1 aromatic carbocycles. The first-order valence-corrected chi connectivity index (χ1v) is 11.9. The van der Waals surface area contributed by atoms with Gasteiger partial charge in [0.2, 0.25) is 5.91 Å². The summed E-state index contributed by atoms with van der Waals surface area (Å²) in [5, 5.41) is 2.93. The number of methoxy groups -OCH3 is 2. The molecular formula is C26H43NO3. The van der Waals surface area contributed by atoms with Gasteiger partial charge in [-0.3, -0.25) is 4.79 Å². The molecule has 4 heteroatoms. The van der Waals surface area contributed by atoms with Crippen molar-refractivity contribution in [1.29, 1.82) is 0 Å². The Morgan fingerprint density at radius 3 is 2.03 bits per heavy atom. The van der Waals surface area contributed by atoms with E-state index in [0.29, 0.717) is 23.6 Å². The van der Waals surface area contributed by atoms with Crippen molar-refractivity contribution < 1.29 is 14.3 Å². The van der Waals surface area contributed by atoms with Gasteiger partial charge in [0.25, 0.3) is 0 Å². The van der Waals surface area contributed by atoms with Crippen molar-refractivity contribution in [3.05, 3.63) is 30.4 Å². The van der Waals surface area contributed by atoms with Crippen molar-refractivity contribution in [2.75, 3.05) is 19.5 Å². The van der Waals surface area contributed by atoms with Crippen LogP contribution in [0.3, 0.4) is 0 Å². The van der Waals surface area contributed by atoms with Crippen LogP contribution in [0.1, 0.15) is 96.8 Å². The van der Waals surface area contributed by atoms with Crippen LogP contribution in [0.2, 0.25) is 0 Å². The molecule has 0 bridgehead atoms. The van der Waals surface area contributed by atoms with Crippen LogP contribution in [-0.2, 0) is 4.79 Å². The predicted octanol–water partition coefficient (Wildman–Crippen LogP) is 7.68. The van der Waals surface area contributed by atoms with Gasteiger partial charge in [-0.1, -0.05) is 70.4 Å². The average Bonchev–Trinajstić information content (AvgIpc) is 2.76. The Morgan fingerprint density at radius 2 is 1.43 bits per heavy atom. The normalized spacial score (nSPS) is 11.0. The molecule has 170 valence electrons. The summed E-state index contributed by atoms with van der Waals surface area (Å²) in [6.07, 6.45) is 21.6. The van der Waals surface area contributed by atoms with Crippen LogP contribution in [0.4, 0.5) is 5.69 Å². The molecule has 0 atom stereocenters. The summed E-state index contributed by atoms with van der Waals surface area (Å²) in [5.74, 6) is 1.37. The van der Waals surface area contributed by atoms with Gasteiger partial charge in [-0.15, -0.1) is 0 Å². The van der Waals surface area contributed by atoms with E-state index in [9.17, 15) is 4.79 Å². The molecule has 0 unspecified atom stereocenters. The zero-order chi connectivity index (χ0) is 21.9. The van der Waals surface area contributed by atoms with E-state index >= 15 is 0 Å². The largest absolute Gasteiger partial charge is 0.497 e. The fraction of sp³-hybridized carbons (Fsp3) is 0.654. The van der Waals surface area contributed by atoms with Crippen molar-refractivity contribution >= 4 is 11.6 Å². The van der Waals surface area contributed by atoms with Gasteiger partial charge in [0, 0.05) is 12.5 Å². The lowest BCUT2D eigenvalue weighted by atomic mass is 10.1. The number of carbonyl (C=O) groups excluding carboxylic acids is 1. The number of unbranched alkanes of at least 4 members (excludes halogenated alkanes) is 11. The third kappa shape index (κ3) is 12.6. The maximum absolute atomic E-state index is 12.2. The van der Waals surface area contributed by atoms with E-state index < -0.39 is 0 Å². The van der Waals surface area contributed by atoms with Crippen LogP contribution >= 0.6 is 0 Å². The topological polar surface area (TPSA) is 47.6 Å². The van der Waals surface area contributed by atoms with Crippen LogP contribution in [0.15, 0.2) is 30.4 Å². The van der Waals surface area contributed by atoms with Gasteiger partial charge in [-0.2, -0.15) is 0 Å². The molecule has 1 amide bonds. The van der Waals surface area contributed by atoms with Crippen molar-refractivity contribution in [2.45, 2.75) is 96.8 Å². The SMILES string of the molecule is CCCCCCCC/C=C/CCCCCCCC(=O)Nc1ccc(OC)cc1OC. The number of allylic oxidation sites excluding steroid dienone is 2. The molecule has 0 heterocycles. The second kappa shape index (κ2) is 17.9. The Kier molecular flexibility index (Phi) is 15.5. The van der Waals surface area contributed by atoms with E-state index in [-0.39, 0.29) is 5.91 Å². The molecule has 1 rings (SSSR count). The number of nitrogens with one attached hydrogen (secondary N) is 1. The van der Waals surface area contributed by atoms with Gasteiger partial charge < -0.3 is 14.8 Å². The zero-order valence-electron chi connectivity index (χ0n) is 19.5. The Balaban J connectivity index is 2.00. The second-order valence-electron chi connectivity index (χ2n) is 7.95. The fourth-order valence-corrected chi connectivity index (χ4v) is 3.47. The van der Waals surface area contributed by atoms with Crippen molar-refractivity contribution in [3.63, 3.8) is 0 Å². The number of carbonyl (C=O) groups is 1. The number of rotatable bonds is 18. The number of anilines is 1. The first-order valence-electron chi connectivity index (χ1n) is 11.9. The van der Waals surface area contributed by atoms with Crippen LogP contribution in [0.25, 0.3) is 0 Å². The number of hydrogen-bond acceptors (Lipinski definition) is 3. The second-order valence-corrected chi connectivity index (χ2v) is 7.95. The standard InChI is InChI=1S/C26H43NO3/c1-4-5-6-7-8-9-10-11-12-13-14-15-16-17-18-19-26(28)27-24-21-20-23(29-2)22-25(24)30-3/h11-12,20-22H,4-10,13-19H2,1-3H3,(H,27,28)/b12-11+. The van der Waals surface area contributed by atoms with Crippen LogP contribution in [0, 0.1) is 0 Å². The van der Waals surface area contributed by atoms with Gasteiger partial charge in [0.05, 0.1) is 19.9 Å². The van der Waals surface area contributed by atoms with Gasteiger partial charge in [-0.25, -0.2) is 0 Å². The fourth-order valence-electron chi connectivity index (χ4n) is 3.47. The van der Waals surface area contributed by atoms with E-state index in [2.05, 4.69) is 24.4 Å². The predicted molar refractivity (Wildman–Crippen MR) is 128 cm³/mol. The van der Waals surface area contributed by atoms with Crippen molar-refractivity contribution in [3.8, 4) is 11.5 Å². The summed E-state index contributed by atoms with van der Waals surface area (Å²) in [5.41, 5.74) is 0.691. The molecule has 0 radical (unpaired) electrons. The third-order valence-corrected chi connectivity index (χ3v) is 5.35. The molecule has 4 nitrogen and oxygen atoms in total. The van der Waals surface area contributed by atoms with E-state index in [1.807, 2.05) is 12.1 Å². The first-order chi connectivity index (χ1) is 14.7. The van der Waals surface area contributed by atoms with Gasteiger partial charge in [0.1, 0.15) is 11.5 Å². The molecule has 1 N–H and O–H groups in total.